The van der Waals surface area contributed by atoms with Crippen LogP contribution in [-0.2, 0) is 9.59 Å². The molecule has 6 heteroatoms. The highest BCUT2D eigenvalue weighted by atomic mass is 79.9. The number of carboxylic acids is 1. The monoisotopic (exact) mass is 313 g/mol. The molecule has 0 unspecified atom stereocenters. The zero-order chi connectivity index (χ0) is 13.5. The molecule has 0 bridgehead atoms. The summed E-state index contributed by atoms with van der Waals surface area (Å²) in [5.74, 6) is -0.714. The van der Waals surface area contributed by atoms with E-state index in [4.69, 9.17) is 9.84 Å². The molecule has 0 atom stereocenters. The van der Waals surface area contributed by atoms with Crippen molar-refractivity contribution in [3.63, 3.8) is 0 Å². The van der Waals surface area contributed by atoms with Crippen LogP contribution in [0.4, 0.5) is 0 Å². The van der Waals surface area contributed by atoms with Crippen LogP contribution in [0.3, 0.4) is 0 Å². The highest BCUT2D eigenvalue weighted by Gasteiger charge is 2.04. The van der Waals surface area contributed by atoms with Gasteiger partial charge >= 0.3 is 5.97 Å². The van der Waals surface area contributed by atoms with Gasteiger partial charge in [-0.3, -0.25) is 4.79 Å². The van der Waals surface area contributed by atoms with Gasteiger partial charge in [0.05, 0.1) is 4.47 Å². The molecule has 1 rings (SSSR count). The summed E-state index contributed by atoms with van der Waals surface area (Å²) in [6.45, 7) is -0.0700. The van der Waals surface area contributed by atoms with Gasteiger partial charge in [0.25, 0.3) is 5.91 Å². The number of nitrogens with one attached hydrogen (secondary N) is 1. The predicted octanol–water partition coefficient (Wildman–Crippen LogP) is 1.67. The van der Waals surface area contributed by atoms with Gasteiger partial charge in [-0.15, -0.1) is 0 Å². The summed E-state index contributed by atoms with van der Waals surface area (Å²) in [4.78, 5) is 21.4. The first kappa shape index (κ1) is 14.2. The largest absolute Gasteiger partial charge is 0.483 e. The third-order valence-corrected chi connectivity index (χ3v) is 2.63. The number of carbonyl (C=O) groups excluding carboxylic acids is 1. The molecule has 0 fully saturated rings. The summed E-state index contributed by atoms with van der Waals surface area (Å²) in [6.07, 6.45) is 2.52. The summed E-state index contributed by atoms with van der Waals surface area (Å²) in [5, 5.41) is 10.9. The second-order valence-electron chi connectivity index (χ2n) is 3.32. The van der Waals surface area contributed by atoms with Gasteiger partial charge in [-0.1, -0.05) is 6.07 Å². The molecule has 0 aromatic heterocycles. The lowest BCUT2D eigenvalue weighted by Gasteiger charge is -2.07. The number of likely N-dealkylation sites (N-methyl/N-ethyl adjacent to an activating group) is 1. The molecule has 0 saturated heterocycles. The fourth-order valence-corrected chi connectivity index (χ4v) is 1.63. The lowest BCUT2D eigenvalue weighted by atomic mass is 10.2. The number of hydrogen-bond donors (Lipinski definition) is 2. The highest BCUT2D eigenvalue weighted by Crippen LogP contribution is 2.26. The Morgan fingerprint density at radius 2 is 2.22 bits per heavy atom. The van der Waals surface area contributed by atoms with Gasteiger partial charge in [-0.25, -0.2) is 4.79 Å². The van der Waals surface area contributed by atoms with Crippen molar-refractivity contribution in [1.82, 2.24) is 5.32 Å². The molecule has 0 radical (unpaired) electrons. The van der Waals surface area contributed by atoms with Crippen molar-refractivity contribution in [1.29, 1.82) is 0 Å². The molecule has 5 nitrogen and oxygen atoms in total. The number of aliphatic carboxylic acids is 1. The molecule has 0 aliphatic heterocycles. The number of halogens is 1. The highest BCUT2D eigenvalue weighted by molar-refractivity contribution is 9.10. The van der Waals surface area contributed by atoms with Crippen molar-refractivity contribution in [3.8, 4) is 5.75 Å². The molecule has 1 aromatic carbocycles. The first-order valence-electron chi connectivity index (χ1n) is 5.07. The third kappa shape index (κ3) is 4.58. The first-order valence-corrected chi connectivity index (χ1v) is 5.86. The van der Waals surface area contributed by atoms with Crippen molar-refractivity contribution >= 4 is 33.9 Å². The van der Waals surface area contributed by atoms with Crippen LogP contribution in [0.25, 0.3) is 6.08 Å². The van der Waals surface area contributed by atoms with Crippen LogP contribution >= 0.6 is 15.9 Å². The van der Waals surface area contributed by atoms with E-state index in [1.807, 2.05) is 0 Å². The summed E-state index contributed by atoms with van der Waals surface area (Å²) in [5.41, 5.74) is 0.719. The fraction of sp³-hybridized carbons (Fsp3) is 0.167. The van der Waals surface area contributed by atoms with E-state index in [0.29, 0.717) is 10.2 Å². The van der Waals surface area contributed by atoms with E-state index < -0.39 is 5.97 Å². The van der Waals surface area contributed by atoms with Crippen LogP contribution in [0.5, 0.6) is 5.75 Å². The second-order valence-corrected chi connectivity index (χ2v) is 4.18. The molecule has 1 amide bonds. The van der Waals surface area contributed by atoms with Gasteiger partial charge in [0.2, 0.25) is 0 Å². The Morgan fingerprint density at radius 1 is 1.50 bits per heavy atom. The van der Waals surface area contributed by atoms with E-state index in [0.717, 1.165) is 11.6 Å². The molecule has 0 aliphatic carbocycles. The smallest absolute Gasteiger partial charge is 0.328 e. The molecular weight excluding hydrogens is 302 g/mol. The SMILES string of the molecule is CNC(=O)COc1ccc(C=CC(=O)O)cc1Br. The molecule has 1 aromatic rings. The van der Waals surface area contributed by atoms with Crippen LogP contribution in [-0.4, -0.2) is 30.6 Å². The Labute approximate surface area is 113 Å². The van der Waals surface area contributed by atoms with Crippen molar-refractivity contribution in [2.75, 3.05) is 13.7 Å². The van der Waals surface area contributed by atoms with E-state index in [-0.39, 0.29) is 12.5 Å². The average molecular weight is 314 g/mol. The van der Waals surface area contributed by atoms with Gasteiger partial charge in [0.1, 0.15) is 5.75 Å². The molecule has 0 aliphatic rings. The van der Waals surface area contributed by atoms with Crippen molar-refractivity contribution < 1.29 is 19.4 Å². The van der Waals surface area contributed by atoms with E-state index in [1.165, 1.54) is 13.1 Å². The van der Waals surface area contributed by atoms with Crippen molar-refractivity contribution in [3.05, 3.63) is 34.3 Å². The maximum Gasteiger partial charge on any atom is 0.328 e. The Morgan fingerprint density at radius 3 is 2.78 bits per heavy atom. The Hall–Kier alpha value is -1.82. The van der Waals surface area contributed by atoms with Crippen LogP contribution in [0.1, 0.15) is 5.56 Å². The summed E-state index contributed by atoms with van der Waals surface area (Å²) in [6, 6.07) is 5.07. The number of carbonyl (C=O) groups is 2. The normalized spacial score (nSPS) is 10.3. The van der Waals surface area contributed by atoms with E-state index in [2.05, 4.69) is 21.2 Å². The molecule has 0 heterocycles. The number of amides is 1. The lowest BCUT2D eigenvalue weighted by molar-refractivity contribution is -0.131. The van der Waals surface area contributed by atoms with Gasteiger partial charge < -0.3 is 15.2 Å². The minimum atomic E-state index is -1.01. The van der Waals surface area contributed by atoms with Gasteiger partial charge in [0.15, 0.2) is 6.61 Å². The maximum atomic E-state index is 11.0. The van der Waals surface area contributed by atoms with Crippen molar-refractivity contribution in [2.24, 2.45) is 0 Å². The van der Waals surface area contributed by atoms with Crippen molar-refractivity contribution in [2.45, 2.75) is 0 Å². The fourth-order valence-electron chi connectivity index (χ4n) is 1.12. The molecule has 18 heavy (non-hydrogen) atoms. The number of benzene rings is 1. The topological polar surface area (TPSA) is 75.6 Å². The standard InChI is InChI=1S/C12H12BrNO4/c1-14-11(15)7-18-10-4-2-8(6-9(10)13)3-5-12(16)17/h2-6H,7H2,1H3,(H,14,15)(H,16,17). The number of ether oxygens (including phenoxy) is 1. The van der Waals surface area contributed by atoms with Crippen LogP contribution in [0, 0.1) is 0 Å². The average Bonchev–Trinajstić information content (AvgIpc) is 2.34. The zero-order valence-electron chi connectivity index (χ0n) is 9.64. The summed E-state index contributed by atoms with van der Waals surface area (Å²) in [7, 11) is 1.53. The Balaban J connectivity index is 2.73. The third-order valence-electron chi connectivity index (χ3n) is 2.01. The first-order chi connectivity index (χ1) is 8.52. The number of carboxylic acid groups (broad SMARTS) is 1. The van der Waals surface area contributed by atoms with Crippen LogP contribution in [0.2, 0.25) is 0 Å². The van der Waals surface area contributed by atoms with E-state index in [9.17, 15) is 9.59 Å². The Kier molecular flexibility index (Phi) is 5.38. The predicted molar refractivity (Wildman–Crippen MR) is 70.4 cm³/mol. The molecular formula is C12H12BrNO4. The van der Waals surface area contributed by atoms with Gasteiger partial charge in [0, 0.05) is 13.1 Å². The minimum absolute atomic E-state index is 0.0700. The second kappa shape index (κ2) is 6.80. The number of rotatable bonds is 5. The molecule has 2 N–H and O–H groups in total. The molecule has 0 spiro atoms. The van der Waals surface area contributed by atoms with Gasteiger partial charge in [-0.05, 0) is 39.7 Å². The van der Waals surface area contributed by atoms with Crippen LogP contribution in [0.15, 0.2) is 28.7 Å². The number of hydrogen-bond acceptors (Lipinski definition) is 3. The zero-order valence-corrected chi connectivity index (χ0v) is 11.2. The van der Waals surface area contributed by atoms with E-state index >= 15 is 0 Å². The van der Waals surface area contributed by atoms with E-state index in [1.54, 1.807) is 18.2 Å². The van der Waals surface area contributed by atoms with Gasteiger partial charge in [-0.2, -0.15) is 0 Å². The minimum Gasteiger partial charge on any atom is -0.483 e. The molecule has 96 valence electrons. The molecule has 0 saturated carbocycles. The summed E-state index contributed by atoms with van der Waals surface area (Å²) < 4.78 is 5.92. The lowest BCUT2D eigenvalue weighted by Crippen LogP contribution is -2.24. The Bertz CT molecular complexity index is 485. The summed E-state index contributed by atoms with van der Waals surface area (Å²) >= 11 is 3.29. The quantitative estimate of drug-likeness (QED) is 0.811. The van der Waals surface area contributed by atoms with Crippen LogP contribution < -0.4 is 10.1 Å². The maximum absolute atomic E-state index is 11.0.